The van der Waals surface area contributed by atoms with Gasteiger partial charge in [0.1, 0.15) is 5.75 Å². The lowest BCUT2D eigenvalue weighted by Gasteiger charge is -2.55. The molecule has 3 heteroatoms. The molecule has 3 rings (SSSR count). The Labute approximate surface area is 134 Å². The Hall–Kier alpha value is -1.06. The molecule has 0 spiro atoms. The van der Waals surface area contributed by atoms with Crippen molar-refractivity contribution in [1.82, 2.24) is 5.32 Å². The van der Waals surface area contributed by atoms with Crippen LogP contribution in [0.15, 0.2) is 18.2 Å². The summed E-state index contributed by atoms with van der Waals surface area (Å²) in [6, 6.07) is 6.46. The number of aliphatic hydroxyl groups is 1. The first-order chi connectivity index (χ1) is 10.6. The van der Waals surface area contributed by atoms with Crippen molar-refractivity contribution in [1.29, 1.82) is 0 Å². The van der Waals surface area contributed by atoms with Gasteiger partial charge in [0.2, 0.25) is 0 Å². The second-order valence-corrected chi connectivity index (χ2v) is 6.95. The van der Waals surface area contributed by atoms with E-state index < -0.39 is 5.60 Å². The van der Waals surface area contributed by atoms with E-state index in [0.29, 0.717) is 0 Å². The van der Waals surface area contributed by atoms with Crippen molar-refractivity contribution in [3.8, 4) is 5.75 Å². The van der Waals surface area contributed by atoms with Gasteiger partial charge in [-0.3, -0.25) is 0 Å². The molecular formula is C19H29NO2. The van der Waals surface area contributed by atoms with Crippen LogP contribution in [0.25, 0.3) is 0 Å². The first-order valence-electron chi connectivity index (χ1n) is 8.76. The van der Waals surface area contributed by atoms with E-state index in [2.05, 4.69) is 30.4 Å². The van der Waals surface area contributed by atoms with E-state index >= 15 is 0 Å². The highest BCUT2D eigenvalue weighted by Crippen LogP contribution is 2.55. The maximum absolute atomic E-state index is 11.5. The third-order valence-corrected chi connectivity index (χ3v) is 5.95. The van der Waals surface area contributed by atoms with Crippen LogP contribution in [0.4, 0.5) is 0 Å². The van der Waals surface area contributed by atoms with Crippen LogP contribution in [0.3, 0.4) is 0 Å². The van der Waals surface area contributed by atoms with E-state index in [4.69, 9.17) is 4.74 Å². The summed E-state index contributed by atoms with van der Waals surface area (Å²) in [5, 5.41) is 14.9. The molecule has 2 aliphatic carbocycles. The van der Waals surface area contributed by atoms with Crippen LogP contribution in [0, 0.1) is 0 Å². The van der Waals surface area contributed by atoms with E-state index in [0.717, 1.165) is 57.4 Å². The second-order valence-electron chi connectivity index (χ2n) is 6.95. The van der Waals surface area contributed by atoms with Crippen molar-refractivity contribution in [2.45, 2.75) is 62.9 Å². The average molecular weight is 303 g/mol. The van der Waals surface area contributed by atoms with Crippen molar-refractivity contribution < 1.29 is 9.84 Å². The van der Waals surface area contributed by atoms with Gasteiger partial charge in [0.25, 0.3) is 0 Å². The second kappa shape index (κ2) is 6.21. The van der Waals surface area contributed by atoms with Crippen molar-refractivity contribution in [3.05, 3.63) is 29.3 Å². The van der Waals surface area contributed by atoms with Crippen LogP contribution < -0.4 is 10.1 Å². The Bertz CT molecular complexity index is 530. The van der Waals surface area contributed by atoms with Gasteiger partial charge in [-0.05, 0) is 68.5 Å². The van der Waals surface area contributed by atoms with Gasteiger partial charge in [-0.15, -0.1) is 0 Å². The maximum Gasteiger partial charge on any atom is 0.119 e. The van der Waals surface area contributed by atoms with Gasteiger partial charge < -0.3 is 15.2 Å². The highest BCUT2D eigenvalue weighted by Gasteiger charge is 2.54. The molecule has 1 aromatic carbocycles. The third-order valence-electron chi connectivity index (χ3n) is 5.95. The first-order valence-corrected chi connectivity index (χ1v) is 8.76. The molecule has 0 aliphatic heterocycles. The topological polar surface area (TPSA) is 41.5 Å². The minimum Gasteiger partial charge on any atom is -0.497 e. The lowest BCUT2D eigenvalue weighted by Crippen LogP contribution is -2.57. The van der Waals surface area contributed by atoms with Crippen LogP contribution >= 0.6 is 0 Å². The highest BCUT2D eigenvalue weighted by atomic mass is 16.5. The van der Waals surface area contributed by atoms with E-state index in [9.17, 15) is 5.11 Å². The summed E-state index contributed by atoms with van der Waals surface area (Å²) >= 11 is 0. The molecule has 1 aromatic rings. The normalized spacial score (nSPS) is 30.5. The Morgan fingerprint density at radius 3 is 2.82 bits per heavy atom. The number of rotatable bonds is 5. The standard InChI is InChI=1S/C19H29NO2/c1-3-20-13-12-18-9-4-5-10-19(18,21)11-8-15-6-7-16(22-2)14-17(15)18/h6-7,14,20-21H,3-5,8-13H2,1-2H3/t18-,19+/m1/s1. The Morgan fingerprint density at radius 1 is 1.23 bits per heavy atom. The van der Waals surface area contributed by atoms with Crippen molar-refractivity contribution >= 4 is 0 Å². The molecule has 2 N–H and O–H groups in total. The molecule has 22 heavy (non-hydrogen) atoms. The van der Waals surface area contributed by atoms with Gasteiger partial charge in [0, 0.05) is 5.41 Å². The molecule has 0 bridgehead atoms. The number of benzene rings is 1. The maximum atomic E-state index is 11.5. The fourth-order valence-electron chi connectivity index (χ4n) is 4.72. The van der Waals surface area contributed by atoms with Crippen molar-refractivity contribution in [2.24, 2.45) is 0 Å². The van der Waals surface area contributed by atoms with Crippen LogP contribution in [-0.2, 0) is 11.8 Å². The Morgan fingerprint density at radius 2 is 2.05 bits per heavy atom. The number of ether oxygens (including phenoxy) is 1. The number of fused-ring (bicyclic) bond motifs is 3. The van der Waals surface area contributed by atoms with E-state index in [1.165, 1.54) is 17.5 Å². The number of hydrogen-bond donors (Lipinski definition) is 2. The first kappa shape index (κ1) is 15.8. The van der Waals surface area contributed by atoms with Crippen LogP contribution in [-0.4, -0.2) is 30.9 Å². The van der Waals surface area contributed by atoms with Gasteiger partial charge in [0.05, 0.1) is 12.7 Å². The molecule has 3 nitrogen and oxygen atoms in total. The zero-order valence-corrected chi connectivity index (χ0v) is 14.0. The van der Waals surface area contributed by atoms with E-state index in [1.807, 2.05) is 0 Å². The molecular weight excluding hydrogens is 274 g/mol. The summed E-state index contributed by atoms with van der Waals surface area (Å²) in [5.74, 6) is 0.913. The summed E-state index contributed by atoms with van der Waals surface area (Å²) in [6.45, 7) is 4.09. The fraction of sp³-hybridized carbons (Fsp3) is 0.684. The summed E-state index contributed by atoms with van der Waals surface area (Å²) in [7, 11) is 1.73. The van der Waals surface area contributed by atoms with Gasteiger partial charge in [-0.25, -0.2) is 0 Å². The summed E-state index contributed by atoms with van der Waals surface area (Å²) in [5.41, 5.74) is 2.11. The molecule has 1 saturated carbocycles. The molecule has 1 fully saturated rings. The Balaban J connectivity index is 2.05. The number of methoxy groups -OCH3 is 1. The molecule has 0 unspecified atom stereocenters. The number of aryl methyl sites for hydroxylation is 1. The predicted molar refractivity (Wildman–Crippen MR) is 89.6 cm³/mol. The summed E-state index contributed by atoms with van der Waals surface area (Å²) in [4.78, 5) is 0. The van der Waals surface area contributed by atoms with Crippen LogP contribution in [0.1, 0.15) is 56.6 Å². The molecule has 0 aromatic heterocycles. The summed E-state index contributed by atoms with van der Waals surface area (Å²) < 4.78 is 5.47. The molecule has 2 atom stereocenters. The van der Waals surface area contributed by atoms with E-state index in [-0.39, 0.29) is 5.41 Å². The van der Waals surface area contributed by atoms with Crippen molar-refractivity contribution in [2.75, 3.05) is 20.2 Å². The van der Waals surface area contributed by atoms with Gasteiger partial charge >= 0.3 is 0 Å². The van der Waals surface area contributed by atoms with Crippen LogP contribution in [0.5, 0.6) is 5.75 Å². The third kappa shape index (κ3) is 2.44. The quantitative estimate of drug-likeness (QED) is 0.821. The largest absolute Gasteiger partial charge is 0.497 e. The van der Waals surface area contributed by atoms with Gasteiger partial charge in [0.15, 0.2) is 0 Å². The average Bonchev–Trinajstić information content (AvgIpc) is 2.55. The van der Waals surface area contributed by atoms with Gasteiger partial charge in [-0.2, -0.15) is 0 Å². The molecule has 0 saturated heterocycles. The molecule has 0 amide bonds. The van der Waals surface area contributed by atoms with Gasteiger partial charge in [-0.1, -0.05) is 25.8 Å². The Kier molecular flexibility index (Phi) is 4.47. The zero-order chi connectivity index (χ0) is 15.6. The lowest BCUT2D eigenvalue weighted by atomic mass is 9.53. The summed E-state index contributed by atoms with van der Waals surface area (Å²) in [6.07, 6.45) is 7.30. The molecule has 2 aliphatic rings. The number of hydrogen-bond acceptors (Lipinski definition) is 3. The molecule has 0 radical (unpaired) electrons. The van der Waals surface area contributed by atoms with Crippen LogP contribution in [0.2, 0.25) is 0 Å². The number of nitrogens with one attached hydrogen (secondary N) is 1. The van der Waals surface area contributed by atoms with E-state index in [1.54, 1.807) is 7.11 Å². The van der Waals surface area contributed by atoms with Crippen molar-refractivity contribution in [3.63, 3.8) is 0 Å². The monoisotopic (exact) mass is 303 g/mol. The molecule has 0 heterocycles. The predicted octanol–water partition coefficient (Wildman–Crippen LogP) is 3.18. The highest BCUT2D eigenvalue weighted by molar-refractivity contribution is 5.46. The molecule has 122 valence electrons. The lowest BCUT2D eigenvalue weighted by molar-refractivity contribution is -0.0868. The zero-order valence-electron chi connectivity index (χ0n) is 14.0. The SMILES string of the molecule is CCNCC[C@@]12CCCC[C@]1(O)CCc1ccc(OC)cc12. The minimum atomic E-state index is -0.542. The smallest absolute Gasteiger partial charge is 0.119 e. The fourth-order valence-corrected chi connectivity index (χ4v) is 4.72. The minimum absolute atomic E-state index is 0.102.